The van der Waals surface area contributed by atoms with Crippen molar-refractivity contribution < 1.29 is 17.5 Å². The summed E-state index contributed by atoms with van der Waals surface area (Å²) in [5.74, 6) is -0.817. The first-order valence-corrected chi connectivity index (χ1v) is 11.6. The number of aromatic nitrogens is 2. The standard InChI is InChI=1S/C22H24F2N4O3S/c23-16-8-9-20(19(24)13-16)28-22(29)18-7-2-1-6-17(18)21(26-28)27-12-4-3-5-15(14-27)10-11-25-32(30)31/h1-2,6-9,13,15,25H,3-5,10-12,14H2,(H,30,31)/p-1/t15-/m1/s1. The summed E-state index contributed by atoms with van der Waals surface area (Å²) in [6.07, 6.45) is 3.53. The highest BCUT2D eigenvalue weighted by Gasteiger charge is 2.23. The van der Waals surface area contributed by atoms with Crippen molar-refractivity contribution in [1.82, 2.24) is 14.5 Å². The Hall–Kier alpha value is -2.69. The molecule has 0 saturated carbocycles. The number of halogens is 2. The zero-order valence-corrected chi connectivity index (χ0v) is 18.1. The summed E-state index contributed by atoms with van der Waals surface area (Å²) in [5.41, 5.74) is -0.597. The van der Waals surface area contributed by atoms with Gasteiger partial charge in [0.1, 0.15) is 11.5 Å². The molecule has 0 bridgehead atoms. The van der Waals surface area contributed by atoms with E-state index in [1.807, 2.05) is 12.1 Å². The van der Waals surface area contributed by atoms with Crippen LogP contribution in [-0.4, -0.2) is 38.2 Å². The lowest BCUT2D eigenvalue weighted by Gasteiger charge is -2.27. The second kappa shape index (κ2) is 9.85. The van der Waals surface area contributed by atoms with E-state index in [0.29, 0.717) is 42.6 Å². The van der Waals surface area contributed by atoms with Gasteiger partial charge in [-0.15, -0.1) is 5.10 Å². The van der Waals surface area contributed by atoms with Crippen LogP contribution in [0.15, 0.2) is 47.3 Å². The number of rotatable bonds is 6. The highest BCUT2D eigenvalue weighted by Crippen LogP contribution is 2.28. The van der Waals surface area contributed by atoms with Crippen LogP contribution in [0.3, 0.4) is 0 Å². The van der Waals surface area contributed by atoms with Crippen molar-refractivity contribution in [1.29, 1.82) is 0 Å². The van der Waals surface area contributed by atoms with Crippen molar-refractivity contribution in [2.24, 2.45) is 5.92 Å². The maximum Gasteiger partial charge on any atom is 0.279 e. The van der Waals surface area contributed by atoms with Crippen molar-refractivity contribution in [3.05, 3.63) is 64.5 Å². The average molecular weight is 462 g/mol. The maximum atomic E-state index is 14.5. The molecule has 2 heterocycles. The topological polar surface area (TPSA) is 90.3 Å². The van der Waals surface area contributed by atoms with Crippen molar-refractivity contribution in [2.45, 2.75) is 25.7 Å². The van der Waals surface area contributed by atoms with Crippen LogP contribution in [0.2, 0.25) is 0 Å². The molecule has 32 heavy (non-hydrogen) atoms. The van der Waals surface area contributed by atoms with Crippen molar-refractivity contribution in [2.75, 3.05) is 24.5 Å². The lowest BCUT2D eigenvalue weighted by Crippen LogP contribution is -2.33. The molecule has 7 nitrogen and oxygen atoms in total. The number of nitrogens with zero attached hydrogens (tertiary/aromatic N) is 3. The van der Waals surface area contributed by atoms with Gasteiger partial charge in [-0.05, 0) is 43.4 Å². The Balaban J connectivity index is 1.76. The molecule has 1 aromatic heterocycles. The van der Waals surface area contributed by atoms with Gasteiger partial charge in [0.05, 0.1) is 5.39 Å². The van der Waals surface area contributed by atoms with Gasteiger partial charge in [0.2, 0.25) is 0 Å². The normalized spacial score (nSPS) is 18.0. The summed E-state index contributed by atoms with van der Waals surface area (Å²) in [6, 6.07) is 10.1. The number of nitrogens with one attached hydrogen (secondary N) is 1. The quantitative estimate of drug-likeness (QED) is 0.570. The Kier molecular flexibility index (Phi) is 6.92. The number of benzene rings is 2. The predicted octanol–water partition coefficient (Wildman–Crippen LogP) is 3.04. The molecule has 1 aliphatic rings. The number of hydrogen-bond acceptors (Lipinski definition) is 5. The molecule has 1 aliphatic heterocycles. The van der Waals surface area contributed by atoms with Crippen molar-refractivity contribution in [3.63, 3.8) is 0 Å². The van der Waals surface area contributed by atoms with Crippen LogP contribution in [0.1, 0.15) is 25.7 Å². The molecule has 2 aromatic carbocycles. The molecule has 0 amide bonds. The fourth-order valence-electron chi connectivity index (χ4n) is 4.23. The highest BCUT2D eigenvalue weighted by molar-refractivity contribution is 7.77. The van der Waals surface area contributed by atoms with Crippen molar-refractivity contribution >= 4 is 27.9 Å². The fraction of sp³-hybridized carbons (Fsp3) is 0.364. The minimum atomic E-state index is -2.29. The van der Waals surface area contributed by atoms with Gasteiger partial charge in [0, 0.05) is 42.4 Å². The molecule has 1 N–H and O–H groups in total. The molecule has 0 aliphatic carbocycles. The Bertz CT molecular complexity index is 1200. The molecule has 3 aromatic rings. The van der Waals surface area contributed by atoms with Crippen molar-refractivity contribution in [3.8, 4) is 5.69 Å². The Morgan fingerprint density at radius 3 is 2.69 bits per heavy atom. The second-order valence-corrected chi connectivity index (χ2v) is 8.67. The summed E-state index contributed by atoms with van der Waals surface area (Å²) >= 11 is -2.29. The molecule has 170 valence electrons. The molecule has 1 saturated heterocycles. The van der Waals surface area contributed by atoms with Gasteiger partial charge in [-0.1, -0.05) is 24.6 Å². The second-order valence-electron chi connectivity index (χ2n) is 7.91. The summed E-state index contributed by atoms with van der Waals surface area (Å²) < 4.78 is 52.9. The SMILES string of the molecule is O=c1c2ccccc2c(N2CCCC[C@H](CCNS(=O)[O-])C2)nn1-c1ccc(F)cc1F. The molecule has 0 radical (unpaired) electrons. The largest absolute Gasteiger partial charge is 0.760 e. The lowest BCUT2D eigenvalue weighted by atomic mass is 10.00. The van der Waals surface area contributed by atoms with Crippen LogP contribution in [0, 0.1) is 17.6 Å². The van der Waals surface area contributed by atoms with Gasteiger partial charge >= 0.3 is 0 Å². The fourth-order valence-corrected chi connectivity index (χ4v) is 4.51. The monoisotopic (exact) mass is 461 g/mol. The van der Waals surface area contributed by atoms with E-state index in [-0.39, 0.29) is 11.6 Å². The third-order valence-corrected chi connectivity index (χ3v) is 6.20. The molecule has 1 fully saturated rings. The van der Waals surface area contributed by atoms with Gasteiger partial charge < -0.3 is 9.45 Å². The minimum Gasteiger partial charge on any atom is -0.760 e. The van der Waals surface area contributed by atoms with Gasteiger partial charge in [-0.3, -0.25) is 9.00 Å². The van der Waals surface area contributed by atoms with Crippen LogP contribution in [0.5, 0.6) is 0 Å². The van der Waals surface area contributed by atoms with E-state index in [4.69, 9.17) is 0 Å². The van der Waals surface area contributed by atoms with Gasteiger partial charge in [-0.25, -0.2) is 13.5 Å². The first-order valence-electron chi connectivity index (χ1n) is 10.5. The van der Waals surface area contributed by atoms with E-state index in [9.17, 15) is 22.3 Å². The van der Waals surface area contributed by atoms with Gasteiger partial charge in [-0.2, -0.15) is 4.68 Å². The number of hydrogen-bond donors (Lipinski definition) is 1. The Labute approximate surface area is 186 Å². The van der Waals surface area contributed by atoms with Crippen LogP contribution in [-0.2, 0) is 11.3 Å². The number of anilines is 1. The summed E-state index contributed by atoms with van der Waals surface area (Å²) in [6.45, 7) is 1.69. The summed E-state index contributed by atoms with van der Waals surface area (Å²) in [7, 11) is 0. The molecular weight excluding hydrogens is 438 g/mol. The molecule has 0 spiro atoms. The molecule has 10 heteroatoms. The Morgan fingerprint density at radius 1 is 1.16 bits per heavy atom. The van der Waals surface area contributed by atoms with Gasteiger partial charge in [0.25, 0.3) is 5.56 Å². The third-order valence-electron chi connectivity index (χ3n) is 5.76. The lowest BCUT2D eigenvalue weighted by molar-refractivity contribution is 0.453. The van der Waals surface area contributed by atoms with E-state index >= 15 is 0 Å². The highest BCUT2D eigenvalue weighted by atomic mass is 32.2. The maximum absolute atomic E-state index is 14.5. The van der Waals surface area contributed by atoms with E-state index in [0.717, 1.165) is 36.1 Å². The van der Waals surface area contributed by atoms with E-state index < -0.39 is 28.5 Å². The molecule has 1 unspecified atom stereocenters. The zero-order chi connectivity index (χ0) is 22.7. The summed E-state index contributed by atoms with van der Waals surface area (Å²) in [4.78, 5) is 15.2. The van der Waals surface area contributed by atoms with E-state index in [2.05, 4.69) is 14.7 Å². The van der Waals surface area contributed by atoms with Gasteiger partial charge in [0.15, 0.2) is 11.6 Å². The van der Waals surface area contributed by atoms with E-state index in [1.54, 1.807) is 12.1 Å². The minimum absolute atomic E-state index is 0.114. The summed E-state index contributed by atoms with van der Waals surface area (Å²) in [5, 5.41) is 5.58. The number of fused-ring (bicyclic) bond motifs is 1. The zero-order valence-electron chi connectivity index (χ0n) is 17.3. The smallest absolute Gasteiger partial charge is 0.279 e. The van der Waals surface area contributed by atoms with Crippen LogP contribution < -0.4 is 15.2 Å². The molecule has 2 atom stereocenters. The molecule has 4 rings (SSSR count). The Morgan fingerprint density at radius 2 is 1.94 bits per heavy atom. The first kappa shape index (κ1) is 22.5. The van der Waals surface area contributed by atoms with Crippen LogP contribution >= 0.6 is 0 Å². The first-order chi connectivity index (χ1) is 15.4. The third kappa shape index (κ3) is 4.87. The predicted molar refractivity (Wildman–Crippen MR) is 118 cm³/mol. The van der Waals surface area contributed by atoms with Crippen LogP contribution in [0.4, 0.5) is 14.6 Å². The average Bonchev–Trinajstić information content (AvgIpc) is 3.00. The van der Waals surface area contributed by atoms with Crippen LogP contribution in [0.25, 0.3) is 16.5 Å². The van der Waals surface area contributed by atoms with E-state index in [1.165, 1.54) is 6.07 Å². The molecular formula is C22H23F2N4O3S-.